The quantitative estimate of drug-likeness (QED) is 0.154. The van der Waals surface area contributed by atoms with Crippen molar-refractivity contribution in [3.05, 3.63) is 142 Å². The molecule has 4 aromatic carbocycles. The maximum Gasteiger partial charge on any atom is 0.335 e. The summed E-state index contributed by atoms with van der Waals surface area (Å²) in [5, 5.41) is 16.9. The first kappa shape index (κ1) is 59.1. The first-order valence-corrected chi connectivity index (χ1v) is 26.9. The van der Waals surface area contributed by atoms with Crippen molar-refractivity contribution < 1.29 is 19.8 Å². The van der Waals surface area contributed by atoms with Crippen LogP contribution in [0.15, 0.2) is 97.1 Å². The van der Waals surface area contributed by atoms with Crippen molar-refractivity contribution in [1.82, 2.24) is 0 Å². The molecule has 0 bridgehead atoms. The van der Waals surface area contributed by atoms with Gasteiger partial charge in [-0.25, -0.2) is 9.59 Å². The average Bonchev–Trinajstić information content (AvgIpc) is 3.07. The van der Waals surface area contributed by atoms with E-state index in [0.717, 1.165) is 16.7 Å². The van der Waals surface area contributed by atoms with Crippen molar-refractivity contribution in [1.29, 1.82) is 0 Å². The van der Waals surface area contributed by atoms with Crippen LogP contribution in [-0.4, -0.2) is 22.2 Å². The third-order valence-electron chi connectivity index (χ3n) is 5.85. The molecule has 0 heterocycles. The normalized spacial score (nSPS) is 12.3. The Morgan fingerprint density at radius 2 is 0.544 bits per heavy atom. The van der Waals surface area contributed by atoms with Gasteiger partial charge in [-0.2, -0.15) is 0 Å². The summed E-state index contributed by atoms with van der Waals surface area (Å²) in [5.41, 5.74) is 4.28. The Kier molecular flexibility index (Phi) is 27.1. The maximum atomic E-state index is 10.3. The minimum atomic E-state index is -3.69. The second-order valence-corrected chi connectivity index (χ2v) is 36.8. The summed E-state index contributed by atoms with van der Waals surface area (Å²) in [5.74, 6) is -2.13. The Labute approximate surface area is 427 Å². The van der Waals surface area contributed by atoms with Gasteiger partial charge in [0.05, 0.1) is 11.1 Å². The van der Waals surface area contributed by atoms with Gasteiger partial charge in [-0.05, 0) is 41.0 Å². The monoisotopic (exact) mass is 1200 g/mol. The Morgan fingerprint density at radius 1 is 0.386 bits per heavy atom. The molecule has 318 valence electrons. The number of benzene rings is 4. The zero-order valence-electron chi connectivity index (χ0n) is 27.2. The van der Waals surface area contributed by atoms with E-state index in [-0.39, 0.29) is 11.1 Å². The fourth-order valence-electron chi connectivity index (χ4n) is 3.21. The molecule has 57 heavy (non-hydrogen) atoms. The zero-order chi connectivity index (χ0) is 44.8. The number of carbonyl (C=O) groups is 2. The molecule has 0 aromatic heterocycles. The van der Waals surface area contributed by atoms with Gasteiger partial charge >= 0.3 is 71.5 Å². The fourth-order valence-corrected chi connectivity index (χ4v) is 5.21. The van der Waals surface area contributed by atoms with Crippen molar-refractivity contribution in [3.8, 4) is 0 Å². The Bertz CT molecular complexity index is 1700. The summed E-state index contributed by atoms with van der Waals surface area (Å²) in [7, 11) is 0. The standard InChI is InChI=1S/C8H4Cl6.C8H5Cl5.C8H6Cl4.C8H6O4.Cl5P/c9-7(10,11)5-1-2-6(4-3-5)8(12,13)14;9-7(10)5-1-3-6(4-2-5)8(11,12)13;2*9-7(10)5-1-2-6(4-3-5)8(11)12;1-6(2,3,4)5/h1-4H;1-4,7H;1-4,7-8H;1-4H,(H,9,10)(H,11,12);. The molecule has 0 aliphatic heterocycles. The number of aromatic carboxylic acids is 2. The number of hydrogen-bond acceptors (Lipinski definition) is 2. The van der Waals surface area contributed by atoms with Gasteiger partial charge in [0.25, 0.3) is 0 Å². The van der Waals surface area contributed by atoms with E-state index in [1.165, 1.54) is 24.3 Å². The summed E-state index contributed by atoms with van der Waals surface area (Å²) in [6.07, 6.45) is 0. The smallest absolute Gasteiger partial charge is 0.335 e. The predicted octanol–water partition coefficient (Wildman–Crippen LogP) is 20.4. The number of carboxylic acids is 2. The van der Waals surface area contributed by atoms with Crippen LogP contribution in [0, 0.1) is 0 Å². The van der Waals surface area contributed by atoms with Gasteiger partial charge in [0.2, 0.25) is 11.4 Å². The molecule has 0 aliphatic rings. The van der Waals surface area contributed by atoms with Gasteiger partial charge in [-0.15, -0.1) is 69.6 Å². The molecule has 0 saturated carbocycles. The van der Waals surface area contributed by atoms with Gasteiger partial charge < -0.3 is 10.2 Å². The van der Waals surface area contributed by atoms with E-state index < -0.39 is 41.2 Å². The minimum absolute atomic E-state index is 0.0833. The molecule has 0 saturated heterocycles. The molecule has 25 heteroatoms. The molecular weight excluding hydrogens is 1190 g/mol. The molecular formula is C32H21Cl20O4P. The number of carboxylic acid groups (broad SMARTS) is 2. The maximum absolute atomic E-state index is 10.3. The van der Waals surface area contributed by atoms with Crippen LogP contribution in [0.2, 0.25) is 0 Å². The third kappa shape index (κ3) is 28.5. The van der Waals surface area contributed by atoms with Gasteiger partial charge in [0.15, 0.2) is 0 Å². The summed E-state index contributed by atoms with van der Waals surface area (Å²) in [4.78, 5) is 19.1. The van der Waals surface area contributed by atoms with E-state index >= 15 is 0 Å². The number of halogens is 20. The number of alkyl halides is 15. The first-order chi connectivity index (χ1) is 25.6. The third-order valence-corrected chi connectivity index (χ3v) is 9.32. The molecule has 4 aromatic rings. The Morgan fingerprint density at radius 3 is 0.684 bits per heavy atom. The topological polar surface area (TPSA) is 74.6 Å². The molecule has 0 spiro atoms. The summed E-state index contributed by atoms with van der Waals surface area (Å²) in [6.45, 7) is 0. The molecule has 4 rings (SSSR count). The van der Waals surface area contributed by atoms with Crippen molar-refractivity contribution in [3.63, 3.8) is 0 Å². The van der Waals surface area contributed by atoms with Crippen LogP contribution in [0.4, 0.5) is 0 Å². The molecule has 0 aliphatic carbocycles. The first-order valence-electron chi connectivity index (χ1n) is 14.1. The van der Waals surface area contributed by atoms with E-state index in [1.807, 2.05) is 0 Å². The van der Waals surface area contributed by atoms with Crippen molar-refractivity contribution in [2.24, 2.45) is 0 Å². The molecule has 0 radical (unpaired) electrons. The Balaban J connectivity index is 0.000000701. The molecule has 0 amide bonds. The van der Waals surface area contributed by atoms with Crippen LogP contribution in [0.5, 0.6) is 0 Å². The van der Waals surface area contributed by atoms with Crippen LogP contribution in [0.1, 0.15) is 68.6 Å². The molecule has 0 atom stereocenters. The van der Waals surface area contributed by atoms with Crippen molar-refractivity contribution in [2.45, 2.75) is 25.9 Å². The van der Waals surface area contributed by atoms with Gasteiger partial charge in [-0.1, -0.05) is 177 Å². The van der Waals surface area contributed by atoms with Crippen LogP contribution >= 0.6 is 234 Å². The largest absolute Gasteiger partial charge is 0.478 e. The van der Waals surface area contributed by atoms with Crippen LogP contribution in [-0.2, 0) is 11.4 Å². The SMILES string of the molecule is ClC(Cl)(Cl)c1ccc(C(Cl)(Cl)Cl)cc1.ClC(Cl)c1ccc(C(Cl)(Cl)Cl)cc1.ClC(Cl)c1ccc(C(Cl)Cl)cc1.ClP(Cl)(Cl)(Cl)Cl.O=C(O)c1ccc(C(=O)O)cc1. The predicted molar refractivity (Wildman–Crippen MR) is 257 cm³/mol. The average molecular weight is 1210 g/mol. The second-order valence-electron chi connectivity index (χ2n) is 10.1. The molecule has 0 unspecified atom stereocenters. The number of hydrogen-bond donors (Lipinski definition) is 2. The van der Waals surface area contributed by atoms with Crippen molar-refractivity contribution >= 4 is 246 Å². The summed E-state index contributed by atoms with van der Waals surface area (Å²) >= 11 is 110. The zero-order valence-corrected chi connectivity index (χ0v) is 43.2. The van der Waals surface area contributed by atoms with Gasteiger partial charge in [0, 0.05) is 16.7 Å². The Hall–Kier alpha value is 2.05. The van der Waals surface area contributed by atoms with Gasteiger partial charge in [-0.3, -0.25) is 0 Å². The molecule has 4 nitrogen and oxygen atoms in total. The van der Waals surface area contributed by atoms with E-state index in [4.69, 9.17) is 240 Å². The summed E-state index contributed by atoms with van der Waals surface area (Å²) in [6, 6.07) is 25.5. The van der Waals surface area contributed by atoms with Crippen LogP contribution in [0.25, 0.3) is 0 Å². The van der Waals surface area contributed by atoms with Crippen molar-refractivity contribution in [2.75, 3.05) is 0 Å². The number of rotatable bonds is 5. The second kappa shape index (κ2) is 26.1. The molecule has 0 fully saturated rings. The van der Waals surface area contributed by atoms with E-state index in [0.29, 0.717) is 16.7 Å². The van der Waals surface area contributed by atoms with E-state index in [1.54, 1.807) is 72.8 Å². The van der Waals surface area contributed by atoms with E-state index in [2.05, 4.69) is 0 Å². The summed E-state index contributed by atoms with van der Waals surface area (Å²) < 4.78 is -7.99. The minimum Gasteiger partial charge on any atom is -0.478 e. The van der Waals surface area contributed by atoms with E-state index in [9.17, 15) is 9.59 Å². The molecule has 2 N–H and O–H groups in total. The van der Waals surface area contributed by atoms with Crippen LogP contribution in [0.3, 0.4) is 0 Å². The van der Waals surface area contributed by atoms with Gasteiger partial charge in [0.1, 0.15) is 14.5 Å². The fraction of sp³-hybridized carbons (Fsp3) is 0.188. The van der Waals surface area contributed by atoms with Crippen LogP contribution < -0.4 is 0 Å².